The number of carboxylic acid groups (broad SMARTS) is 1. The van der Waals surface area contributed by atoms with Gasteiger partial charge in [0.1, 0.15) is 24.2 Å². The molecule has 0 fully saturated rings. The van der Waals surface area contributed by atoms with Crippen molar-refractivity contribution in [3.05, 3.63) is 63.9 Å². The van der Waals surface area contributed by atoms with Crippen molar-refractivity contribution in [2.45, 2.75) is 6.61 Å². The summed E-state index contributed by atoms with van der Waals surface area (Å²) in [4.78, 5) is 10.8. The lowest BCUT2D eigenvalue weighted by atomic mass is 10.1. The lowest BCUT2D eigenvalue weighted by Gasteiger charge is -2.08. The van der Waals surface area contributed by atoms with Crippen molar-refractivity contribution in [2.75, 3.05) is 0 Å². The summed E-state index contributed by atoms with van der Waals surface area (Å²) >= 11 is 5.86. The third kappa shape index (κ3) is 3.50. The number of carboxylic acids is 1. The summed E-state index contributed by atoms with van der Waals surface area (Å²) in [5, 5.41) is 17.9. The fourth-order valence-electron chi connectivity index (χ4n) is 1.66. The Morgan fingerprint density at radius 1 is 1.33 bits per heavy atom. The van der Waals surface area contributed by atoms with Gasteiger partial charge in [0.25, 0.3) is 0 Å². The maximum atomic E-state index is 13.6. The molecule has 0 aliphatic heterocycles. The van der Waals surface area contributed by atoms with Crippen molar-refractivity contribution in [1.29, 1.82) is 5.26 Å². The molecule has 0 saturated heterocycles. The van der Waals surface area contributed by atoms with Crippen LogP contribution in [0.3, 0.4) is 0 Å². The Bertz CT molecular complexity index is 740. The third-order valence-corrected chi connectivity index (χ3v) is 3.06. The average Bonchev–Trinajstić information content (AvgIpc) is 2.46. The molecule has 0 saturated carbocycles. The van der Waals surface area contributed by atoms with E-state index in [0.717, 1.165) is 6.07 Å². The number of hydrogen-bond acceptors (Lipinski definition) is 3. The van der Waals surface area contributed by atoms with Gasteiger partial charge in [-0.3, -0.25) is 0 Å². The highest BCUT2D eigenvalue weighted by atomic mass is 35.5. The minimum Gasteiger partial charge on any atom is -0.489 e. The van der Waals surface area contributed by atoms with Gasteiger partial charge in [0.15, 0.2) is 0 Å². The van der Waals surface area contributed by atoms with Crippen molar-refractivity contribution >= 4 is 17.6 Å². The average molecular weight is 306 g/mol. The standard InChI is InChI=1S/C15H9ClFNO3/c16-13-6-12(3-1-10(13)7-18)21-8-11-5-9(15(19)20)2-4-14(11)17/h1-6H,8H2,(H,19,20). The van der Waals surface area contributed by atoms with Crippen LogP contribution < -0.4 is 4.74 Å². The van der Waals surface area contributed by atoms with E-state index in [9.17, 15) is 9.18 Å². The molecule has 0 unspecified atom stereocenters. The predicted molar refractivity (Wildman–Crippen MR) is 73.9 cm³/mol. The molecular formula is C15H9ClFNO3. The van der Waals surface area contributed by atoms with Crippen LogP contribution in [0, 0.1) is 17.1 Å². The Hall–Kier alpha value is -2.58. The molecule has 2 rings (SSSR count). The van der Waals surface area contributed by atoms with Gasteiger partial charge in [0, 0.05) is 11.6 Å². The maximum Gasteiger partial charge on any atom is 0.335 e. The molecule has 2 aromatic carbocycles. The molecule has 0 aromatic heterocycles. The zero-order valence-corrected chi connectivity index (χ0v) is 11.4. The van der Waals surface area contributed by atoms with Crippen molar-refractivity contribution in [1.82, 2.24) is 0 Å². The molecule has 0 heterocycles. The number of nitrogens with zero attached hydrogens (tertiary/aromatic N) is 1. The summed E-state index contributed by atoms with van der Waals surface area (Å²) in [6, 6.07) is 9.84. The van der Waals surface area contributed by atoms with E-state index in [-0.39, 0.29) is 22.8 Å². The van der Waals surface area contributed by atoms with Crippen LogP contribution in [0.1, 0.15) is 21.5 Å². The molecule has 2 aromatic rings. The molecule has 106 valence electrons. The van der Waals surface area contributed by atoms with Crippen molar-refractivity contribution in [2.24, 2.45) is 0 Å². The summed E-state index contributed by atoms with van der Waals surface area (Å²) in [6.45, 7) is -0.144. The molecular weight excluding hydrogens is 297 g/mol. The zero-order valence-electron chi connectivity index (χ0n) is 10.6. The van der Waals surface area contributed by atoms with Gasteiger partial charge < -0.3 is 9.84 Å². The molecule has 0 aliphatic carbocycles. The van der Waals surface area contributed by atoms with Crippen molar-refractivity contribution < 1.29 is 19.0 Å². The van der Waals surface area contributed by atoms with Crippen LogP contribution in [-0.2, 0) is 6.61 Å². The van der Waals surface area contributed by atoms with Gasteiger partial charge >= 0.3 is 5.97 Å². The first-order valence-electron chi connectivity index (χ1n) is 5.85. The highest BCUT2D eigenvalue weighted by Gasteiger charge is 2.09. The molecule has 0 amide bonds. The van der Waals surface area contributed by atoms with Crippen LogP contribution in [0.25, 0.3) is 0 Å². The fraction of sp³-hybridized carbons (Fsp3) is 0.0667. The van der Waals surface area contributed by atoms with Gasteiger partial charge in [-0.05, 0) is 30.3 Å². The molecule has 0 aliphatic rings. The number of halogens is 2. The van der Waals surface area contributed by atoms with E-state index >= 15 is 0 Å². The SMILES string of the molecule is N#Cc1ccc(OCc2cc(C(=O)O)ccc2F)cc1Cl. The van der Waals surface area contributed by atoms with Gasteiger partial charge in [-0.15, -0.1) is 0 Å². The second-order valence-electron chi connectivity index (χ2n) is 4.15. The van der Waals surface area contributed by atoms with E-state index in [0.29, 0.717) is 11.3 Å². The van der Waals surface area contributed by atoms with Crippen LogP contribution in [-0.4, -0.2) is 11.1 Å². The van der Waals surface area contributed by atoms with Crippen LogP contribution >= 0.6 is 11.6 Å². The summed E-state index contributed by atoms with van der Waals surface area (Å²) in [6.07, 6.45) is 0. The highest BCUT2D eigenvalue weighted by Crippen LogP contribution is 2.23. The van der Waals surface area contributed by atoms with Crippen molar-refractivity contribution in [3.8, 4) is 11.8 Å². The Labute approximate surface area is 125 Å². The van der Waals surface area contributed by atoms with Crippen LogP contribution in [0.2, 0.25) is 5.02 Å². The van der Waals surface area contributed by atoms with Gasteiger partial charge in [0.2, 0.25) is 0 Å². The Balaban J connectivity index is 2.16. The molecule has 6 heteroatoms. The number of aromatic carboxylic acids is 1. The summed E-state index contributed by atoms with van der Waals surface area (Å²) in [7, 11) is 0. The van der Waals surface area contributed by atoms with Crippen LogP contribution in [0.15, 0.2) is 36.4 Å². The van der Waals surface area contributed by atoms with E-state index in [1.165, 1.54) is 30.3 Å². The molecule has 0 atom stereocenters. The predicted octanol–water partition coefficient (Wildman–Crippen LogP) is 3.63. The minimum absolute atomic E-state index is 0.0205. The Morgan fingerprint density at radius 3 is 2.71 bits per heavy atom. The molecule has 4 nitrogen and oxygen atoms in total. The topological polar surface area (TPSA) is 70.3 Å². The minimum atomic E-state index is -1.14. The van der Waals surface area contributed by atoms with E-state index in [2.05, 4.69) is 0 Å². The number of benzene rings is 2. The smallest absolute Gasteiger partial charge is 0.335 e. The van der Waals surface area contributed by atoms with E-state index in [4.69, 9.17) is 26.7 Å². The molecule has 21 heavy (non-hydrogen) atoms. The quantitative estimate of drug-likeness (QED) is 0.936. The van der Waals surface area contributed by atoms with Gasteiger partial charge in [0.05, 0.1) is 16.1 Å². The molecule has 0 bridgehead atoms. The van der Waals surface area contributed by atoms with E-state index in [1.54, 1.807) is 0 Å². The van der Waals surface area contributed by atoms with Gasteiger partial charge in [-0.1, -0.05) is 11.6 Å². The number of carbonyl (C=O) groups is 1. The lowest BCUT2D eigenvalue weighted by molar-refractivity contribution is 0.0696. The van der Waals surface area contributed by atoms with Crippen molar-refractivity contribution in [3.63, 3.8) is 0 Å². The Morgan fingerprint density at radius 2 is 2.10 bits per heavy atom. The van der Waals surface area contributed by atoms with Crippen LogP contribution in [0.5, 0.6) is 5.75 Å². The number of hydrogen-bond donors (Lipinski definition) is 1. The second-order valence-corrected chi connectivity index (χ2v) is 4.56. The fourth-order valence-corrected chi connectivity index (χ4v) is 1.87. The summed E-state index contributed by atoms with van der Waals surface area (Å²) in [5.41, 5.74) is 0.409. The number of ether oxygens (including phenoxy) is 1. The van der Waals surface area contributed by atoms with E-state index in [1.807, 2.05) is 6.07 Å². The first-order chi connectivity index (χ1) is 10.0. The molecule has 1 N–H and O–H groups in total. The van der Waals surface area contributed by atoms with Gasteiger partial charge in [-0.2, -0.15) is 5.26 Å². The highest BCUT2D eigenvalue weighted by molar-refractivity contribution is 6.31. The maximum absolute atomic E-state index is 13.6. The molecule has 0 spiro atoms. The third-order valence-electron chi connectivity index (χ3n) is 2.75. The normalized spacial score (nSPS) is 9.95. The summed E-state index contributed by atoms with van der Waals surface area (Å²) < 4.78 is 19.0. The monoisotopic (exact) mass is 305 g/mol. The lowest BCUT2D eigenvalue weighted by Crippen LogP contribution is -2.03. The van der Waals surface area contributed by atoms with Gasteiger partial charge in [-0.25, -0.2) is 9.18 Å². The second kappa shape index (κ2) is 6.25. The number of rotatable bonds is 4. The van der Waals surface area contributed by atoms with E-state index < -0.39 is 11.8 Å². The first kappa shape index (κ1) is 14.8. The van der Waals surface area contributed by atoms with Crippen LogP contribution in [0.4, 0.5) is 4.39 Å². The summed E-state index contributed by atoms with van der Waals surface area (Å²) in [5.74, 6) is -1.34. The molecule has 0 radical (unpaired) electrons. The largest absolute Gasteiger partial charge is 0.489 e. The zero-order chi connectivity index (χ0) is 15.4. The number of nitriles is 1. The Kier molecular flexibility index (Phi) is 4.41. The first-order valence-corrected chi connectivity index (χ1v) is 6.23.